The SMILES string of the molecule is O=C(Cn1cnnn1)Nc1cc(Cl)ccn1. The van der Waals surface area contributed by atoms with Crippen LogP contribution in [0, 0.1) is 0 Å². The first-order valence-electron chi connectivity index (χ1n) is 4.36. The zero-order chi connectivity index (χ0) is 11.4. The van der Waals surface area contributed by atoms with Gasteiger partial charge in [-0.3, -0.25) is 4.79 Å². The molecule has 0 aliphatic heterocycles. The number of carbonyl (C=O) groups excluding carboxylic acids is 1. The quantitative estimate of drug-likeness (QED) is 0.835. The van der Waals surface area contributed by atoms with Gasteiger partial charge in [0.05, 0.1) is 0 Å². The van der Waals surface area contributed by atoms with Crippen LogP contribution in [0.4, 0.5) is 5.82 Å². The molecule has 2 heterocycles. The van der Waals surface area contributed by atoms with E-state index in [1.54, 1.807) is 12.1 Å². The van der Waals surface area contributed by atoms with Crippen LogP contribution in [0.25, 0.3) is 0 Å². The molecule has 1 N–H and O–H groups in total. The molecular formula is C8H7ClN6O. The Balaban J connectivity index is 1.97. The standard InChI is InChI=1S/C8H7ClN6O/c9-6-1-2-10-7(3-6)12-8(16)4-15-5-11-13-14-15/h1-3,5H,4H2,(H,10,12,16). The van der Waals surface area contributed by atoms with Gasteiger partial charge in [0, 0.05) is 11.2 Å². The molecule has 2 aromatic rings. The highest BCUT2D eigenvalue weighted by Crippen LogP contribution is 2.11. The van der Waals surface area contributed by atoms with Crippen molar-refractivity contribution in [1.82, 2.24) is 25.2 Å². The third-order valence-electron chi connectivity index (χ3n) is 1.69. The van der Waals surface area contributed by atoms with Gasteiger partial charge in [0.2, 0.25) is 5.91 Å². The molecular weight excluding hydrogens is 232 g/mol. The average Bonchev–Trinajstić information content (AvgIpc) is 2.70. The van der Waals surface area contributed by atoms with Gasteiger partial charge in [-0.1, -0.05) is 11.6 Å². The Morgan fingerprint density at radius 3 is 3.12 bits per heavy atom. The van der Waals surface area contributed by atoms with Gasteiger partial charge in [0.15, 0.2) is 0 Å². The maximum atomic E-state index is 11.5. The maximum Gasteiger partial charge on any atom is 0.247 e. The van der Waals surface area contributed by atoms with Crippen molar-refractivity contribution in [2.24, 2.45) is 0 Å². The zero-order valence-corrected chi connectivity index (χ0v) is 8.79. The van der Waals surface area contributed by atoms with Gasteiger partial charge in [-0.2, -0.15) is 0 Å². The molecule has 0 unspecified atom stereocenters. The van der Waals surface area contributed by atoms with Crippen LogP contribution in [0.2, 0.25) is 5.02 Å². The fourth-order valence-corrected chi connectivity index (χ4v) is 1.22. The first-order valence-corrected chi connectivity index (χ1v) is 4.74. The Labute approximate surface area is 95.4 Å². The number of rotatable bonds is 3. The van der Waals surface area contributed by atoms with E-state index in [0.717, 1.165) is 0 Å². The highest BCUT2D eigenvalue weighted by atomic mass is 35.5. The smallest absolute Gasteiger partial charge is 0.247 e. The summed E-state index contributed by atoms with van der Waals surface area (Å²) in [5.74, 6) is 0.118. The van der Waals surface area contributed by atoms with E-state index in [4.69, 9.17) is 11.6 Å². The molecule has 0 saturated heterocycles. The second kappa shape index (κ2) is 4.67. The highest BCUT2D eigenvalue weighted by Gasteiger charge is 2.05. The zero-order valence-electron chi connectivity index (χ0n) is 8.04. The van der Waals surface area contributed by atoms with Crippen molar-refractivity contribution in [3.63, 3.8) is 0 Å². The molecule has 2 aromatic heterocycles. The molecule has 0 spiro atoms. The van der Waals surface area contributed by atoms with Gasteiger partial charge in [-0.25, -0.2) is 9.67 Å². The number of amides is 1. The van der Waals surface area contributed by atoms with Gasteiger partial charge in [-0.15, -0.1) is 5.10 Å². The van der Waals surface area contributed by atoms with Gasteiger partial charge < -0.3 is 5.32 Å². The second-order valence-electron chi connectivity index (χ2n) is 2.91. The highest BCUT2D eigenvalue weighted by molar-refractivity contribution is 6.30. The predicted octanol–water partition coefficient (Wildman–Crippen LogP) is 0.360. The monoisotopic (exact) mass is 238 g/mol. The summed E-state index contributed by atoms with van der Waals surface area (Å²) in [5.41, 5.74) is 0. The van der Waals surface area contributed by atoms with Crippen molar-refractivity contribution in [2.45, 2.75) is 6.54 Å². The van der Waals surface area contributed by atoms with E-state index < -0.39 is 0 Å². The summed E-state index contributed by atoms with van der Waals surface area (Å²) in [7, 11) is 0. The van der Waals surface area contributed by atoms with Gasteiger partial charge in [-0.05, 0) is 22.6 Å². The van der Waals surface area contributed by atoms with Crippen molar-refractivity contribution in [3.05, 3.63) is 29.7 Å². The number of halogens is 1. The number of carbonyl (C=O) groups is 1. The molecule has 7 nitrogen and oxygen atoms in total. The number of tetrazole rings is 1. The van der Waals surface area contributed by atoms with E-state index in [1.165, 1.54) is 17.2 Å². The lowest BCUT2D eigenvalue weighted by atomic mass is 10.4. The summed E-state index contributed by atoms with van der Waals surface area (Å²) in [4.78, 5) is 15.4. The van der Waals surface area contributed by atoms with Crippen LogP contribution >= 0.6 is 11.6 Å². The number of hydrogen-bond donors (Lipinski definition) is 1. The Morgan fingerprint density at radius 2 is 2.44 bits per heavy atom. The molecule has 1 amide bonds. The number of nitrogens with one attached hydrogen (secondary N) is 1. The number of hydrogen-bond acceptors (Lipinski definition) is 5. The number of nitrogens with zero attached hydrogens (tertiary/aromatic N) is 5. The number of pyridine rings is 1. The molecule has 2 rings (SSSR count). The molecule has 0 aliphatic carbocycles. The Hall–Kier alpha value is -2.02. The lowest BCUT2D eigenvalue weighted by molar-refractivity contribution is -0.116. The molecule has 82 valence electrons. The Bertz CT molecular complexity index is 485. The molecule has 0 aromatic carbocycles. The summed E-state index contributed by atoms with van der Waals surface area (Å²) < 4.78 is 1.31. The summed E-state index contributed by atoms with van der Waals surface area (Å²) in [6.07, 6.45) is 2.86. The van der Waals surface area contributed by atoms with E-state index in [2.05, 4.69) is 25.8 Å². The second-order valence-corrected chi connectivity index (χ2v) is 3.35. The fourth-order valence-electron chi connectivity index (χ4n) is 1.06. The Morgan fingerprint density at radius 1 is 1.56 bits per heavy atom. The van der Waals surface area contributed by atoms with Crippen LogP contribution in [0.3, 0.4) is 0 Å². The van der Waals surface area contributed by atoms with Crippen molar-refractivity contribution in [3.8, 4) is 0 Å². The lowest BCUT2D eigenvalue weighted by Gasteiger charge is -2.03. The first kappa shape index (κ1) is 10.5. The van der Waals surface area contributed by atoms with E-state index in [-0.39, 0.29) is 12.5 Å². The minimum absolute atomic E-state index is 0.0290. The minimum Gasteiger partial charge on any atom is -0.309 e. The summed E-state index contributed by atoms with van der Waals surface area (Å²) >= 11 is 5.74. The first-order chi connectivity index (χ1) is 7.74. The average molecular weight is 239 g/mol. The lowest BCUT2D eigenvalue weighted by Crippen LogP contribution is -2.19. The summed E-state index contributed by atoms with van der Waals surface area (Å²) in [5, 5.41) is 13.5. The largest absolute Gasteiger partial charge is 0.309 e. The van der Waals surface area contributed by atoms with Gasteiger partial charge >= 0.3 is 0 Å². The molecule has 0 radical (unpaired) electrons. The summed E-state index contributed by atoms with van der Waals surface area (Å²) in [6.45, 7) is 0.0290. The van der Waals surface area contributed by atoms with Crippen LogP contribution < -0.4 is 5.32 Å². The topological polar surface area (TPSA) is 85.6 Å². The van der Waals surface area contributed by atoms with Crippen molar-refractivity contribution in [2.75, 3.05) is 5.32 Å². The molecule has 16 heavy (non-hydrogen) atoms. The Kier molecular flexibility index (Phi) is 3.06. The van der Waals surface area contributed by atoms with Gasteiger partial charge in [0.25, 0.3) is 0 Å². The molecule has 8 heteroatoms. The fraction of sp³-hybridized carbons (Fsp3) is 0.125. The van der Waals surface area contributed by atoms with Crippen LogP contribution in [0.15, 0.2) is 24.7 Å². The van der Waals surface area contributed by atoms with Crippen LogP contribution in [-0.2, 0) is 11.3 Å². The predicted molar refractivity (Wildman–Crippen MR) is 55.7 cm³/mol. The molecule has 0 bridgehead atoms. The summed E-state index contributed by atoms with van der Waals surface area (Å²) in [6, 6.07) is 3.18. The van der Waals surface area contributed by atoms with Crippen molar-refractivity contribution in [1.29, 1.82) is 0 Å². The number of aromatic nitrogens is 5. The number of anilines is 1. The third kappa shape index (κ3) is 2.74. The van der Waals surface area contributed by atoms with Crippen molar-refractivity contribution >= 4 is 23.3 Å². The third-order valence-corrected chi connectivity index (χ3v) is 1.92. The van der Waals surface area contributed by atoms with Crippen LogP contribution in [0.1, 0.15) is 0 Å². The van der Waals surface area contributed by atoms with Crippen LogP contribution in [-0.4, -0.2) is 31.1 Å². The van der Waals surface area contributed by atoms with E-state index in [9.17, 15) is 4.79 Å². The van der Waals surface area contributed by atoms with Gasteiger partial charge in [0.1, 0.15) is 18.7 Å². The molecule has 0 saturated carbocycles. The normalized spacial score (nSPS) is 10.1. The molecule has 0 aliphatic rings. The van der Waals surface area contributed by atoms with Crippen LogP contribution in [0.5, 0.6) is 0 Å². The minimum atomic E-state index is -0.276. The van der Waals surface area contributed by atoms with E-state index in [0.29, 0.717) is 10.8 Å². The van der Waals surface area contributed by atoms with E-state index >= 15 is 0 Å². The maximum absolute atomic E-state index is 11.5. The molecule has 0 fully saturated rings. The molecule has 0 atom stereocenters. The van der Waals surface area contributed by atoms with Crippen molar-refractivity contribution < 1.29 is 4.79 Å². The van der Waals surface area contributed by atoms with E-state index in [1.807, 2.05) is 0 Å².